The van der Waals surface area contributed by atoms with Gasteiger partial charge in [0.15, 0.2) is 0 Å². The summed E-state index contributed by atoms with van der Waals surface area (Å²) in [6.07, 6.45) is 1.57. The fraction of sp³-hybridized carbons (Fsp3) is 0.533. The molecule has 1 saturated carbocycles. The minimum Gasteiger partial charge on any atom is -0.445 e. The van der Waals surface area contributed by atoms with Crippen molar-refractivity contribution in [2.45, 2.75) is 31.2 Å². The van der Waals surface area contributed by atoms with E-state index in [0.29, 0.717) is 12.7 Å². The van der Waals surface area contributed by atoms with Crippen LogP contribution in [0.5, 0.6) is 0 Å². The molecule has 2 heterocycles. The molecule has 5 heteroatoms. The van der Waals surface area contributed by atoms with E-state index in [-0.39, 0.29) is 19.1 Å². The summed E-state index contributed by atoms with van der Waals surface area (Å²) in [7, 11) is 0. The molecule has 5 nitrogen and oxygen atoms in total. The molecule has 1 unspecified atom stereocenters. The van der Waals surface area contributed by atoms with Crippen LogP contribution in [0.1, 0.15) is 18.4 Å². The van der Waals surface area contributed by atoms with Gasteiger partial charge in [0.25, 0.3) is 0 Å². The van der Waals surface area contributed by atoms with Crippen molar-refractivity contribution < 1.29 is 19.4 Å². The number of benzene rings is 1. The topological polar surface area (TPSA) is 67.8 Å². The largest absolute Gasteiger partial charge is 0.445 e. The molecular formula is C15H19NO4. The van der Waals surface area contributed by atoms with Crippen molar-refractivity contribution in [3.8, 4) is 0 Å². The summed E-state index contributed by atoms with van der Waals surface area (Å²) in [5.74, 6) is 0.232. The summed E-state index contributed by atoms with van der Waals surface area (Å²) < 4.78 is 10.6. The molecule has 3 aliphatic rings. The van der Waals surface area contributed by atoms with Crippen LogP contribution in [0.25, 0.3) is 0 Å². The van der Waals surface area contributed by atoms with Crippen molar-refractivity contribution in [2.24, 2.45) is 5.92 Å². The average molecular weight is 277 g/mol. The van der Waals surface area contributed by atoms with Crippen molar-refractivity contribution in [3.63, 3.8) is 0 Å². The Morgan fingerprint density at radius 2 is 2.15 bits per heavy atom. The number of alkyl carbamates (subject to hydrolysis) is 1. The van der Waals surface area contributed by atoms with E-state index in [1.807, 2.05) is 30.3 Å². The van der Waals surface area contributed by atoms with Gasteiger partial charge < -0.3 is 19.9 Å². The van der Waals surface area contributed by atoms with Crippen LogP contribution in [0.15, 0.2) is 30.3 Å². The molecule has 0 aromatic heterocycles. The van der Waals surface area contributed by atoms with E-state index in [9.17, 15) is 9.90 Å². The van der Waals surface area contributed by atoms with E-state index >= 15 is 0 Å². The van der Waals surface area contributed by atoms with Crippen LogP contribution in [0, 0.1) is 5.92 Å². The number of carbonyl (C=O) groups excluding carboxylic acids is 1. The van der Waals surface area contributed by atoms with Gasteiger partial charge in [-0.3, -0.25) is 0 Å². The third-order valence-electron chi connectivity index (χ3n) is 4.18. The zero-order valence-corrected chi connectivity index (χ0v) is 11.2. The Hall–Kier alpha value is -1.59. The lowest BCUT2D eigenvalue weighted by molar-refractivity contribution is -0.214. The van der Waals surface area contributed by atoms with Crippen molar-refractivity contribution >= 4 is 6.09 Å². The molecule has 2 bridgehead atoms. The number of carbonyl (C=O) groups is 1. The second-order valence-corrected chi connectivity index (χ2v) is 5.62. The van der Waals surface area contributed by atoms with Gasteiger partial charge >= 0.3 is 6.09 Å². The number of rotatable bonds is 4. The Morgan fingerprint density at radius 1 is 1.40 bits per heavy atom. The first kappa shape index (κ1) is 13.4. The minimum absolute atomic E-state index is 0.179. The molecule has 2 saturated heterocycles. The van der Waals surface area contributed by atoms with E-state index in [2.05, 4.69) is 5.32 Å². The number of amides is 1. The predicted molar refractivity (Wildman–Crippen MR) is 72.0 cm³/mol. The summed E-state index contributed by atoms with van der Waals surface area (Å²) in [6, 6.07) is 9.49. The maximum Gasteiger partial charge on any atom is 0.407 e. The van der Waals surface area contributed by atoms with E-state index in [0.717, 1.165) is 18.4 Å². The van der Waals surface area contributed by atoms with Gasteiger partial charge in [-0.2, -0.15) is 0 Å². The van der Waals surface area contributed by atoms with Gasteiger partial charge in [-0.05, 0) is 24.3 Å². The molecule has 20 heavy (non-hydrogen) atoms. The fourth-order valence-corrected chi connectivity index (χ4v) is 2.72. The quantitative estimate of drug-likeness (QED) is 0.874. The standard InChI is InChI=1S/C15H19NO4/c17-14(19-8-11-4-2-1-3-5-11)16-9-15(18)10-20-13-6-12(15)7-13/h1-5,12-13,18H,6-10H2,(H,16,17). The Balaban J connectivity index is 1.43. The van der Waals surface area contributed by atoms with E-state index in [4.69, 9.17) is 9.47 Å². The number of fused-ring (bicyclic) bond motifs is 2. The third-order valence-corrected chi connectivity index (χ3v) is 4.18. The van der Waals surface area contributed by atoms with Crippen LogP contribution in [-0.2, 0) is 16.1 Å². The van der Waals surface area contributed by atoms with Gasteiger partial charge in [-0.15, -0.1) is 0 Å². The number of nitrogens with one attached hydrogen (secondary N) is 1. The molecule has 2 aliphatic heterocycles. The van der Waals surface area contributed by atoms with Crippen molar-refractivity contribution in [3.05, 3.63) is 35.9 Å². The lowest BCUT2D eigenvalue weighted by Gasteiger charge is -2.51. The maximum atomic E-state index is 11.6. The first-order valence-corrected chi connectivity index (χ1v) is 6.94. The van der Waals surface area contributed by atoms with Crippen LogP contribution in [0.3, 0.4) is 0 Å². The van der Waals surface area contributed by atoms with Crippen LogP contribution >= 0.6 is 0 Å². The SMILES string of the molecule is O=C(NCC1(O)COC2CC1C2)OCc1ccccc1. The van der Waals surface area contributed by atoms with Crippen molar-refractivity contribution in [1.29, 1.82) is 0 Å². The second-order valence-electron chi connectivity index (χ2n) is 5.62. The van der Waals surface area contributed by atoms with Gasteiger partial charge in [0, 0.05) is 0 Å². The highest BCUT2D eigenvalue weighted by molar-refractivity contribution is 5.67. The highest BCUT2D eigenvalue weighted by atomic mass is 16.5. The lowest BCUT2D eigenvalue weighted by Crippen LogP contribution is -2.62. The van der Waals surface area contributed by atoms with E-state index < -0.39 is 11.7 Å². The molecule has 1 aliphatic carbocycles. The lowest BCUT2D eigenvalue weighted by atomic mass is 9.68. The fourth-order valence-electron chi connectivity index (χ4n) is 2.72. The van der Waals surface area contributed by atoms with Gasteiger partial charge in [-0.25, -0.2) is 4.79 Å². The molecule has 4 rings (SSSR count). The monoisotopic (exact) mass is 277 g/mol. The van der Waals surface area contributed by atoms with Crippen LogP contribution in [0.4, 0.5) is 4.79 Å². The Bertz CT molecular complexity index is 469. The number of aliphatic hydroxyl groups is 1. The van der Waals surface area contributed by atoms with Crippen molar-refractivity contribution in [2.75, 3.05) is 13.2 Å². The Morgan fingerprint density at radius 3 is 2.80 bits per heavy atom. The summed E-state index contributed by atoms with van der Waals surface area (Å²) in [5, 5.41) is 13.0. The molecule has 3 fully saturated rings. The molecule has 2 N–H and O–H groups in total. The molecule has 1 aromatic carbocycles. The zero-order chi connectivity index (χ0) is 14.0. The number of hydrogen-bond acceptors (Lipinski definition) is 4. The highest BCUT2D eigenvalue weighted by Crippen LogP contribution is 2.43. The molecule has 0 radical (unpaired) electrons. The van der Waals surface area contributed by atoms with Gasteiger partial charge in [-0.1, -0.05) is 30.3 Å². The molecule has 0 spiro atoms. The first-order chi connectivity index (χ1) is 9.66. The van der Waals surface area contributed by atoms with E-state index in [1.165, 1.54) is 0 Å². The summed E-state index contributed by atoms with van der Waals surface area (Å²) in [6.45, 7) is 0.701. The summed E-state index contributed by atoms with van der Waals surface area (Å²) >= 11 is 0. The molecule has 1 amide bonds. The van der Waals surface area contributed by atoms with Crippen LogP contribution in [0.2, 0.25) is 0 Å². The minimum atomic E-state index is -0.944. The van der Waals surface area contributed by atoms with E-state index in [1.54, 1.807) is 0 Å². The predicted octanol–water partition coefficient (Wildman–Crippen LogP) is 1.45. The van der Waals surface area contributed by atoms with Gasteiger partial charge in [0.2, 0.25) is 0 Å². The molecular weight excluding hydrogens is 258 g/mol. The molecule has 108 valence electrons. The molecule has 1 aromatic rings. The first-order valence-electron chi connectivity index (χ1n) is 6.94. The number of hydrogen-bond donors (Lipinski definition) is 2. The Labute approximate surface area is 117 Å². The highest BCUT2D eigenvalue weighted by Gasteiger charge is 2.50. The normalized spacial score (nSPS) is 31.2. The average Bonchev–Trinajstić information content (AvgIpc) is 2.43. The third kappa shape index (κ3) is 2.78. The number of ether oxygens (including phenoxy) is 2. The zero-order valence-electron chi connectivity index (χ0n) is 11.2. The Kier molecular flexibility index (Phi) is 3.63. The van der Waals surface area contributed by atoms with Crippen LogP contribution < -0.4 is 5.32 Å². The second kappa shape index (κ2) is 5.42. The smallest absolute Gasteiger partial charge is 0.407 e. The molecule has 1 atom stereocenters. The summed E-state index contributed by atoms with van der Waals surface area (Å²) in [4.78, 5) is 11.6. The maximum absolute atomic E-state index is 11.6. The summed E-state index contributed by atoms with van der Waals surface area (Å²) in [5.41, 5.74) is -0.00949. The van der Waals surface area contributed by atoms with Crippen LogP contribution in [-0.4, -0.2) is 36.1 Å². The van der Waals surface area contributed by atoms with Gasteiger partial charge in [0.1, 0.15) is 12.2 Å². The van der Waals surface area contributed by atoms with Gasteiger partial charge in [0.05, 0.1) is 19.3 Å². The van der Waals surface area contributed by atoms with Crippen molar-refractivity contribution in [1.82, 2.24) is 5.32 Å².